The quantitative estimate of drug-likeness (QED) is 0.573. The SMILES string of the molecule is CCCCOC1CC(OC(C)(C)O)OC1C1COC(C)(C)O1. The molecule has 0 aromatic carbocycles. The van der Waals surface area contributed by atoms with Crippen molar-refractivity contribution in [3.63, 3.8) is 0 Å². The van der Waals surface area contributed by atoms with Gasteiger partial charge in [0.25, 0.3) is 0 Å². The predicted octanol–water partition coefficient (Wildman–Crippen LogP) is 2.18. The third kappa shape index (κ3) is 5.15. The van der Waals surface area contributed by atoms with E-state index in [4.69, 9.17) is 23.7 Å². The van der Waals surface area contributed by atoms with Crippen LogP contribution in [0, 0.1) is 0 Å². The summed E-state index contributed by atoms with van der Waals surface area (Å²) in [7, 11) is 0. The minimum absolute atomic E-state index is 0.110. The summed E-state index contributed by atoms with van der Waals surface area (Å²) in [5, 5.41) is 9.81. The summed E-state index contributed by atoms with van der Waals surface area (Å²) < 4.78 is 29.0. The molecule has 2 rings (SSSR count). The van der Waals surface area contributed by atoms with Gasteiger partial charge in [-0.15, -0.1) is 0 Å². The zero-order valence-electron chi connectivity index (χ0n) is 14.3. The summed E-state index contributed by atoms with van der Waals surface area (Å²) in [6.45, 7) is 10.2. The largest absolute Gasteiger partial charge is 0.375 e. The van der Waals surface area contributed by atoms with Crippen molar-refractivity contribution in [1.29, 1.82) is 0 Å². The van der Waals surface area contributed by atoms with Crippen LogP contribution in [0.2, 0.25) is 0 Å². The molecule has 4 unspecified atom stereocenters. The Hall–Kier alpha value is -0.240. The molecule has 0 aromatic rings. The molecule has 1 N–H and O–H groups in total. The number of rotatable bonds is 7. The van der Waals surface area contributed by atoms with Gasteiger partial charge in [-0.3, -0.25) is 0 Å². The van der Waals surface area contributed by atoms with Gasteiger partial charge in [-0.25, -0.2) is 0 Å². The molecule has 2 heterocycles. The lowest BCUT2D eigenvalue weighted by Crippen LogP contribution is -2.39. The Bertz CT molecular complexity index is 351. The second kappa shape index (κ2) is 7.11. The van der Waals surface area contributed by atoms with Gasteiger partial charge in [0.15, 0.2) is 17.9 Å². The van der Waals surface area contributed by atoms with Gasteiger partial charge in [0.2, 0.25) is 0 Å². The average molecular weight is 318 g/mol. The number of hydrogen-bond acceptors (Lipinski definition) is 6. The van der Waals surface area contributed by atoms with E-state index in [9.17, 15) is 5.11 Å². The van der Waals surface area contributed by atoms with E-state index in [-0.39, 0.29) is 18.3 Å². The van der Waals surface area contributed by atoms with E-state index >= 15 is 0 Å². The molecule has 0 radical (unpaired) electrons. The third-order valence-electron chi connectivity index (χ3n) is 3.75. The summed E-state index contributed by atoms with van der Waals surface area (Å²) in [4.78, 5) is 0. The van der Waals surface area contributed by atoms with E-state index in [1.807, 2.05) is 13.8 Å². The summed E-state index contributed by atoms with van der Waals surface area (Å²) in [5.41, 5.74) is 0. The van der Waals surface area contributed by atoms with Gasteiger partial charge in [-0.05, 0) is 34.1 Å². The molecular formula is C16H30O6. The van der Waals surface area contributed by atoms with Crippen molar-refractivity contribution in [2.24, 2.45) is 0 Å². The molecule has 0 saturated carbocycles. The molecule has 6 nitrogen and oxygen atoms in total. The maximum atomic E-state index is 9.81. The Balaban J connectivity index is 1.97. The minimum Gasteiger partial charge on any atom is -0.375 e. The van der Waals surface area contributed by atoms with Gasteiger partial charge in [0, 0.05) is 13.0 Å². The number of unbranched alkanes of at least 4 members (excludes halogenated alkanes) is 1. The average Bonchev–Trinajstić information content (AvgIpc) is 2.91. The second-order valence-electron chi connectivity index (χ2n) is 6.96. The lowest BCUT2D eigenvalue weighted by Gasteiger charge is -2.26. The van der Waals surface area contributed by atoms with Crippen molar-refractivity contribution in [3.05, 3.63) is 0 Å². The maximum Gasteiger partial charge on any atom is 0.164 e. The van der Waals surface area contributed by atoms with Crippen LogP contribution in [-0.2, 0) is 23.7 Å². The molecule has 0 bridgehead atoms. The zero-order valence-corrected chi connectivity index (χ0v) is 14.3. The fourth-order valence-electron chi connectivity index (χ4n) is 2.79. The lowest BCUT2D eigenvalue weighted by atomic mass is 10.1. The highest BCUT2D eigenvalue weighted by Crippen LogP contribution is 2.34. The first-order chi connectivity index (χ1) is 10.2. The van der Waals surface area contributed by atoms with Gasteiger partial charge in [0.05, 0.1) is 12.7 Å². The van der Waals surface area contributed by atoms with E-state index < -0.39 is 17.9 Å². The van der Waals surface area contributed by atoms with Crippen LogP contribution in [0.3, 0.4) is 0 Å². The Kier molecular flexibility index (Phi) is 5.85. The summed E-state index contributed by atoms with van der Waals surface area (Å²) >= 11 is 0. The summed E-state index contributed by atoms with van der Waals surface area (Å²) in [6, 6.07) is 0. The molecule has 2 aliphatic heterocycles. The van der Waals surface area contributed by atoms with Crippen molar-refractivity contribution in [2.75, 3.05) is 13.2 Å². The molecule has 0 spiro atoms. The van der Waals surface area contributed by atoms with E-state index in [1.54, 1.807) is 13.8 Å². The summed E-state index contributed by atoms with van der Waals surface area (Å²) in [6.07, 6.45) is 1.64. The van der Waals surface area contributed by atoms with E-state index in [2.05, 4.69) is 6.92 Å². The van der Waals surface area contributed by atoms with Gasteiger partial charge >= 0.3 is 0 Å². The van der Waals surface area contributed by atoms with Crippen molar-refractivity contribution in [3.8, 4) is 0 Å². The molecule has 0 aromatic heterocycles. The molecular weight excluding hydrogens is 288 g/mol. The van der Waals surface area contributed by atoms with Crippen molar-refractivity contribution < 1.29 is 28.8 Å². The Morgan fingerprint density at radius 3 is 2.59 bits per heavy atom. The molecule has 4 atom stereocenters. The van der Waals surface area contributed by atoms with Gasteiger partial charge in [-0.2, -0.15) is 0 Å². The lowest BCUT2D eigenvalue weighted by molar-refractivity contribution is -0.275. The van der Waals surface area contributed by atoms with E-state index in [0.29, 0.717) is 19.6 Å². The van der Waals surface area contributed by atoms with Crippen molar-refractivity contribution in [2.45, 2.75) is 90.1 Å². The highest BCUT2D eigenvalue weighted by molar-refractivity contribution is 4.90. The van der Waals surface area contributed by atoms with Gasteiger partial charge in [-0.1, -0.05) is 13.3 Å². The first-order valence-corrected chi connectivity index (χ1v) is 8.19. The number of ether oxygens (including phenoxy) is 5. The maximum absolute atomic E-state index is 9.81. The number of aliphatic hydroxyl groups is 1. The van der Waals surface area contributed by atoms with Gasteiger partial charge in [0.1, 0.15) is 12.2 Å². The standard InChI is InChI=1S/C16H30O6/c1-6-7-8-18-11-9-13(22-15(2,3)17)20-14(11)12-10-19-16(4,5)21-12/h11-14,17H,6-10H2,1-5H3. The normalized spacial score (nSPS) is 35.2. The monoisotopic (exact) mass is 318 g/mol. The zero-order chi connectivity index (χ0) is 16.4. The van der Waals surface area contributed by atoms with Crippen molar-refractivity contribution >= 4 is 0 Å². The van der Waals surface area contributed by atoms with Crippen LogP contribution >= 0.6 is 0 Å². The van der Waals surface area contributed by atoms with Crippen LogP contribution in [0.1, 0.15) is 53.9 Å². The second-order valence-corrected chi connectivity index (χ2v) is 6.96. The molecule has 2 fully saturated rings. The van der Waals surface area contributed by atoms with E-state index in [0.717, 1.165) is 12.8 Å². The molecule has 6 heteroatoms. The van der Waals surface area contributed by atoms with Crippen LogP contribution in [0.4, 0.5) is 0 Å². The molecule has 0 amide bonds. The fraction of sp³-hybridized carbons (Fsp3) is 1.00. The van der Waals surface area contributed by atoms with E-state index in [1.165, 1.54) is 0 Å². The van der Waals surface area contributed by atoms with Crippen LogP contribution in [0.5, 0.6) is 0 Å². The van der Waals surface area contributed by atoms with Crippen LogP contribution in [-0.4, -0.2) is 54.5 Å². The Labute approximate surface area is 133 Å². The minimum atomic E-state index is -1.24. The van der Waals surface area contributed by atoms with Gasteiger partial charge < -0.3 is 28.8 Å². The molecule has 2 aliphatic rings. The highest BCUT2D eigenvalue weighted by atomic mass is 16.8. The Morgan fingerprint density at radius 1 is 1.32 bits per heavy atom. The fourth-order valence-corrected chi connectivity index (χ4v) is 2.79. The van der Waals surface area contributed by atoms with Crippen molar-refractivity contribution in [1.82, 2.24) is 0 Å². The smallest absolute Gasteiger partial charge is 0.164 e. The summed E-state index contributed by atoms with van der Waals surface area (Å²) in [5.74, 6) is -1.84. The first kappa shape index (κ1) is 18.1. The highest BCUT2D eigenvalue weighted by Gasteiger charge is 2.48. The molecule has 130 valence electrons. The van der Waals surface area contributed by atoms with Crippen LogP contribution in [0.25, 0.3) is 0 Å². The predicted molar refractivity (Wildman–Crippen MR) is 80.2 cm³/mol. The first-order valence-electron chi connectivity index (χ1n) is 8.19. The number of hydrogen-bond donors (Lipinski definition) is 1. The molecule has 2 saturated heterocycles. The topological polar surface area (TPSA) is 66.4 Å². The molecule has 22 heavy (non-hydrogen) atoms. The Morgan fingerprint density at radius 2 is 2.05 bits per heavy atom. The molecule has 0 aliphatic carbocycles. The van der Waals surface area contributed by atoms with Crippen LogP contribution < -0.4 is 0 Å². The third-order valence-corrected chi connectivity index (χ3v) is 3.75. The van der Waals surface area contributed by atoms with Crippen LogP contribution in [0.15, 0.2) is 0 Å².